The lowest BCUT2D eigenvalue weighted by atomic mass is 9.75. The Bertz CT molecular complexity index is 388. The number of hydrogen-bond donors (Lipinski definition) is 1. The summed E-state index contributed by atoms with van der Waals surface area (Å²) in [5.74, 6) is 0.171. The molecule has 2 fully saturated rings. The Morgan fingerprint density at radius 3 is 2.43 bits per heavy atom. The van der Waals surface area contributed by atoms with E-state index in [0.717, 1.165) is 19.4 Å². The van der Waals surface area contributed by atoms with Gasteiger partial charge in [0.25, 0.3) is 0 Å². The Morgan fingerprint density at radius 2 is 1.86 bits per heavy atom. The van der Waals surface area contributed by atoms with Crippen LogP contribution in [-0.2, 0) is 9.59 Å². The van der Waals surface area contributed by atoms with Crippen LogP contribution < -0.4 is 5.32 Å². The third-order valence-electron chi connectivity index (χ3n) is 5.15. The normalized spacial score (nSPS) is 29.4. The highest BCUT2D eigenvalue weighted by Crippen LogP contribution is 2.37. The molecular formula is C17H30N2O2. The van der Waals surface area contributed by atoms with E-state index in [1.807, 2.05) is 11.8 Å². The zero-order valence-electron chi connectivity index (χ0n) is 13.8. The smallest absolute Gasteiger partial charge is 0.245 e. The molecule has 1 aliphatic heterocycles. The number of rotatable bonds is 5. The fraction of sp³-hybridized carbons (Fsp3) is 0.882. The molecule has 1 aliphatic carbocycles. The molecule has 0 aromatic heterocycles. The van der Waals surface area contributed by atoms with Crippen molar-refractivity contribution in [2.75, 3.05) is 6.54 Å². The molecule has 120 valence electrons. The monoisotopic (exact) mass is 294 g/mol. The largest absolute Gasteiger partial charge is 0.343 e. The standard InChI is InChI=1S/C17H30N2O2/c1-4-9-13-16(21)19(14(5-2)15(20)18-13)12-17(3)10-7-6-8-11-17/h13-14H,4-12H2,1-3H3,(H,18,20). The van der Waals surface area contributed by atoms with Gasteiger partial charge in [-0.15, -0.1) is 0 Å². The molecule has 2 amide bonds. The first-order valence-corrected chi connectivity index (χ1v) is 8.61. The summed E-state index contributed by atoms with van der Waals surface area (Å²) in [4.78, 5) is 27.0. The van der Waals surface area contributed by atoms with Crippen LogP contribution in [0.15, 0.2) is 0 Å². The van der Waals surface area contributed by atoms with Crippen molar-refractivity contribution in [1.29, 1.82) is 0 Å². The zero-order valence-corrected chi connectivity index (χ0v) is 13.8. The fourth-order valence-electron chi connectivity index (χ4n) is 3.88. The second kappa shape index (κ2) is 6.80. The Morgan fingerprint density at radius 1 is 1.19 bits per heavy atom. The summed E-state index contributed by atoms with van der Waals surface area (Å²) in [6.45, 7) is 7.08. The van der Waals surface area contributed by atoms with Gasteiger partial charge in [-0.1, -0.05) is 46.5 Å². The molecule has 1 heterocycles. The van der Waals surface area contributed by atoms with E-state index >= 15 is 0 Å². The van der Waals surface area contributed by atoms with E-state index in [1.165, 1.54) is 32.1 Å². The van der Waals surface area contributed by atoms with Crippen LogP contribution in [0.1, 0.15) is 72.1 Å². The van der Waals surface area contributed by atoms with E-state index in [1.54, 1.807) is 0 Å². The molecule has 4 heteroatoms. The van der Waals surface area contributed by atoms with Gasteiger partial charge in [0.1, 0.15) is 12.1 Å². The van der Waals surface area contributed by atoms with Gasteiger partial charge >= 0.3 is 0 Å². The highest BCUT2D eigenvalue weighted by atomic mass is 16.2. The van der Waals surface area contributed by atoms with Crippen molar-refractivity contribution in [2.24, 2.45) is 5.41 Å². The number of amides is 2. The number of piperazine rings is 1. The Hall–Kier alpha value is -1.06. The summed E-state index contributed by atoms with van der Waals surface area (Å²) < 4.78 is 0. The molecule has 0 spiro atoms. The van der Waals surface area contributed by atoms with Gasteiger partial charge in [0.05, 0.1) is 0 Å². The number of nitrogens with one attached hydrogen (secondary N) is 1. The fourth-order valence-corrected chi connectivity index (χ4v) is 3.88. The minimum Gasteiger partial charge on any atom is -0.343 e. The summed E-state index contributed by atoms with van der Waals surface area (Å²) in [6.07, 6.45) is 8.51. The molecule has 0 aromatic rings. The quantitative estimate of drug-likeness (QED) is 0.847. The van der Waals surface area contributed by atoms with Crippen LogP contribution in [0.3, 0.4) is 0 Å². The van der Waals surface area contributed by atoms with E-state index in [4.69, 9.17) is 0 Å². The molecule has 0 radical (unpaired) electrons. The average Bonchev–Trinajstić information content (AvgIpc) is 2.45. The minimum absolute atomic E-state index is 0.0370. The zero-order chi connectivity index (χ0) is 15.5. The van der Waals surface area contributed by atoms with Crippen molar-refractivity contribution in [1.82, 2.24) is 10.2 Å². The second-order valence-electron chi connectivity index (χ2n) is 7.11. The maximum absolute atomic E-state index is 12.8. The van der Waals surface area contributed by atoms with Gasteiger partial charge in [-0.3, -0.25) is 9.59 Å². The van der Waals surface area contributed by atoms with E-state index < -0.39 is 0 Å². The number of nitrogens with zero attached hydrogens (tertiary/aromatic N) is 1. The Labute approximate surface area is 128 Å². The number of carbonyl (C=O) groups excluding carboxylic acids is 2. The third kappa shape index (κ3) is 3.58. The van der Waals surface area contributed by atoms with Crippen LogP contribution in [0.2, 0.25) is 0 Å². The SMILES string of the molecule is CCCC1NC(=O)C(CC)N(CC2(C)CCCCC2)C1=O. The van der Waals surface area contributed by atoms with Gasteiger partial charge in [-0.05, 0) is 31.1 Å². The topological polar surface area (TPSA) is 49.4 Å². The first-order valence-electron chi connectivity index (χ1n) is 8.61. The van der Waals surface area contributed by atoms with Crippen LogP contribution in [-0.4, -0.2) is 35.3 Å². The van der Waals surface area contributed by atoms with E-state index in [-0.39, 0.29) is 29.3 Å². The molecule has 0 bridgehead atoms. The van der Waals surface area contributed by atoms with E-state index in [0.29, 0.717) is 6.42 Å². The van der Waals surface area contributed by atoms with Gasteiger partial charge in [0, 0.05) is 6.54 Å². The highest BCUT2D eigenvalue weighted by molar-refractivity contribution is 5.96. The lowest BCUT2D eigenvalue weighted by molar-refractivity contribution is -0.151. The molecule has 2 atom stereocenters. The second-order valence-corrected chi connectivity index (χ2v) is 7.11. The van der Waals surface area contributed by atoms with Gasteiger partial charge in [0.2, 0.25) is 11.8 Å². The molecule has 2 rings (SSSR count). The van der Waals surface area contributed by atoms with Crippen molar-refractivity contribution in [3.63, 3.8) is 0 Å². The maximum Gasteiger partial charge on any atom is 0.245 e. The predicted octanol–water partition coefficient (Wildman–Crippen LogP) is 2.86. The molecule has 1 saturated carbocycles. The van der Waals surface area contributed by atoms with Crippen molar-refractivity contribution in [2.45, 2.75) is 84.2 Å². The molecule has 2 unspecified atom stereocenters. The van der Waals surface area contributed by atoms with Gasteiger partial charge in [-0.25, -0.2) is 0 Å². The first kappa shape index (κ1) is 16.3. The number of hydrogen-bond acceptors (Lipinski definition) is 2. The minimum atomic E-state index is -0.308. The highest BCUT2D eigenvalue weighted by Gasteiger charge is 2.42. The van der Waals surface area contributed by atoms with Crippen LogP contribution in [0.4, 0.5) is 0 Å². The summed E-state index contributed by atoms with van der Waals surface area (Å²) in [6, 6.07) is -0.582. The molecule has 1 N–H and O–H groups in total. The molecular weight excluding hydrogens is 264 g/mol. The number of carbonyl (C=O) groups is 2. The van der Waals surface area contributed by atoms with Crippen LogP contribution in [0.5, 0.6) is 0 Å². The van der Waals surface area contributed by atoms with Gasteiger partial charge in [0.15, 0.2) is 0 Å². The Kier molecular flexibility index (Phi) is 5.28. The van der Waals surface area contributed by atoms with Crippen molar-refractivity contribution < 1.29 is 9.59 Å². The summed E-state index contributed by atoms with van der Waals surface area (Å²) >= 11 is 0. The summed E-state index contributed by atoms with van der Waals surface area (Å²) in [7, 11) is 0. The Balaban J connectivity index is 2.14. The van der Waals surface area contributed by atoms with Crippen molar-refractivity contribution >= 4 is 11.8 Å². The molecule has 1 saturated heterocycles. The van der Waals surface area contributed by atoms with Crippen LogP contribution >= 0.6 is 0 Å². The van der Waals surface area contributed by atoms with Gasteiger partial charge in [-0.2, -0.15) is 0 Å². The lowest BCUT2D eigenvalue weighted by Crippen LogP contribution is -2.64. The third-order valence-corrected chi connectivity index (χ3v) is 5.15. The summed E-state index contributed by atoms with van der Waals surface area (Å²) in [5, 5.41) is 2.92. The first-order chi connectivity index (χ1) is 10.0. The van der Waals surface area contributed by atoms with Crippen molar-refractivity contribution in [3.8, 4) is 0 Å². The molecule has 0 aromatic carbocycles. The van der Waals surface area contributed by atoms with Crippen LogP contribution in [0, 0.1) is 5.41 Å². The molecule has 2 aliphatic rings. The van der Waals surface area contributed by atoms with E-state index in [9.17, 15) is 9.59 Å². The molecule has 21 heavy (non-hydrogen) atoms. The van der Waals surface area contributed by atoms with E-state index in [2.05, 4.69) is 19.2 Å². The average molecular weight is 294 g/mol. The lowest BCUT2D eigenvalue weighted by Gasteiger charge is -2.44. The van der Waals surface area contributed by atoms with Crippen molar-refractivity contribution in [3.05, 3.63) is 0 Å². The van der Waals surface area contributed by atoms with Gasteiger partial charge < -0.3 is 10.2 Å². The van der Waals surface area contributed by atoms with Crippen LogP contribution in [0.25, 0.3) is 0 Å². The predicted molar refractivity (Wildman–Crippen MR) is 83.8 cm³/mol. The molecule has 4 nitrogen and oxygen atoms in total. The maximum atomic E-state index is 12.8. The summed E-state index contributed by atoms with van der Waals surface area (Å²) in [5.41, 5.74) is 0.190.